The fraction of sp³-hybridized carbons (Fsp3) is 0.417. The number of rotatable bonds is 6. The monoisotopic (exact) mass is 301 g/mol. The Morgan fingerprint density at radius 3 is 2.67 bits per heavy atom. The summed E-state index contributed by atoms with van der Waals surface area (Å²) in [6, 6.07) is 2.46. The summed E-state index contributed by atoms with van der Waals surface area (Å²) >= 11 is 0. The van der Waals surface area contributed by atoms with Gasteiger partial charge in [0, 0.05) is 18.7 Å². The van der Waals surface area contributed by atoms with E-state index in [-0.39, 0.29) is 18.3 Å². The van der Waals surface area contributed by atoms with Crippen molar-refractivity contribution < 1.29 is 17.7 Å². The molecule has 2 aromatic heterocycles. The third-order valence-corrected chi connectivity index (χ3v) is 2.48. The van der Waals surface area contributed by atoms with Gasteiger partial charge in [0.2, 0.25) is 5.95 Å². The van der Waals surface area contributed by atoms with Crippen LogP contribution in [0.15, 0.2) is 22.9 Å². The molecule has 2 rings (SSSR count). The second kappa shape index (κ2) is 6.42. The van der Waals surface area contributed by atoms with Crippen molar-refractivity contribution >= 4 is 11.8 Å². The number of hydrogen-bond acceptors (Lipinski definition) is 6. The minimum atomic E-state index is -4.53. The highest BCUT2D eigenvalue weighted by Gasteiger charge is 2.33. The van der Waals surface area contributed by atoms with Crippen molar-refractivity contribution in [2.24, 2.45) is 0 Å². The minimum Gasteiger partial charge on any atom is -0.363 e. The second-order valence-corrected chi connectivity index (χ2v) is 4.22. The lowest BCUT2D eigenvalue weighted by Gasteiger charge is -2.11. The van der Waals surface area contributed by atoms with Crippen molar-refractivity contribution in [1.82, 2.24) is 15.1 Å². The van der Waals surface area contributed by atoms with Crippen LogP contribution >= 0.6 is 0 Å². The Morgan fingerprint density at radius 1 is 1.24 bits per heavy atom. The van der Waals surface area contributed by atoms with Crippen molar-refractivity contribution in [1.29, 1.82) is 0 Å². The molecule has 114 valence electrons. The van der Waals surface area contributed by atoms with Crippen molar-refractivity contribution in [3.05, 3.63) is 29.8 Å². The SMILES string of the molecule is CCCNc1nc(NCc2ccno2)cc(C(F)(F)F)n1. The predicted molar refractivity (Wildman–Crippen MR) is 69.6 cm³/mol. The van der Waals surface area contributed by atoms with Gasteiger partial charge in [0.15, 0.2) is 11.5 Å². The van der Waals surface area contributed by atoms with Gasteiger partial charge in [-0.15, -0.1) is 0 Å². The van der Waals surface area contributed by atoms with Crippen molar-refractivity contribution in [2.45, 2.75) is 26.1 Å². The predicted octanol–water partition coefficient (Wildman–Crippen LogP) is 2.92. The first kappa shape index (κ1) is 15.1. The molecular weight excluding hydrogens is 287 g/mol. The summed E-state index contributed by atoms with van der Waals surface area (Å²) in [5, 5.41) is 9.00. The third-order valence-electron chi connectivity index (χ3n) is 2.48. The zero-order valence-corrected chi connectivity index (χ0v) is 11.2. The van der Waals surface area contributed by atoms with Gasteiger partial charge in [0.05, 0.1) is 12.7 Å². The first-order valence-electron chi connectivity index (χ1n) is 6.32. The van der Waals surface area contributed by atoms with Gasteiger partial charge < -0.3 is 15.2 Å². The van der Waals surface area contributed by atoms with Crippen LogP contribution in [0.5, 0.6) is 0 Å². The lowest BCUT2D eigenvalue weighted by atomic mass is 10.3. The second-order valence-electron chi connectivity index (χ2n) is 4.22. The molecule has 9 heteroatoms. The molecule has 0 aromatic carbocycles. The molecule has 2 heterocycles. The van der Waals surface area contributed by atoms with Gasteiger partial charge in [-0.1, -0.05) is 12.1 Å². The average Bonchev–Trinajstić information content (AvgIpc) is 2.95. The van der Waals surface area contributed by atoms with E-state index in [9.17, 15) is 13.2 Å². The zero-order valence-electron chi connectivity index (χ0n) is 11.2. The van der Waals surface area contributed by atoms with Crippen molar-refractivity contribution in [3.8, 4) is 0 Å². The van der Waals surface area contributed by atoms with Gasteiger partial charge in [0.25, 0.3) is 0 Å². The maximum Gasteiger partial charge on any atom is 0.433 e. The molecule has 0 bridgehead atoms. The van der Waals surface area contributed by atoms with Gasteiger partial charge >= 0.3 is 6.18 Å². The van der Waals surface area contributed by atoms with Crippen LogP contribution in [0.1, 0.15) is 24.8 Å². The number of halogens is 3. The standard InChI is InChI=1S/C12H14F3N5O/c1-2-4-16-11-19-9(12(13,14)15)6-10(20-11)17-7-8-3-5-18-21-8/h3,5-6H,2,4,7H2,1H3,(H2,16,17,19,20). The molecule has 2 N–H and O–H groups in total. The number of anilines is 2. The number of aromatic nitrogens is 3. The van der Waals surface area contributed by atoms with E-state index in [1.54, 1.807) is 6.07 Å². The van der Waals surface area contributed by atoms with Gasteiger partial charge in [0.1, 0.15) is 5.82 Å². The Hall–Kier alpha value is -2.32. The number of nitrogens with one attached hydrogen (secondary N) is 2. The summed E-state index contributed by atoms with van der Waals surface area (Å²) in [5.41, 5.74) is -1.00. The molecule has 0 aliphatic rings. The Balaban J connectivity index is 2.17. The molecule has 0 aliphatic carbocycles. The fourth-order valence-electron chi connectivity index (χ4n) is 1.51. The summed E-state index contributed by atoms with van der Waals surface area (Å²) < 4.78 is 43.3. The van der Waals surface area contributed by atoms with Crippen molar-refractivity contribution in [2.75, 3.05) is 17.2 Å². The normalized spacial score (nSPS) is 11.4. The number of nitrogens with zero attached hydrogens (tertiary/aromatic N) is 3. The van der Waals surface area contributed by atoms with Gasteiger partial charge in [-0.3, -0.25) is 0 Å². The lowest BCUT2D eigenvalue weighted by molar-refractivity contribution is -0.141. The molecule has 0 fully saturated rings. The lowest BCUT2D eigenvalue weighted by Crippen LogP contribution is -2.14. The van der Waals surface area contributed by atoms with Crippen LogP contribution in [-0.2, 0) is 12.7 Å². The van der Waals surface area contributed by atoms with Crippen LogP contribution in [0.25, 0.3) is 0 Å². The Morgan fingerprint density at radius 2 is 2.05 bits per heavy atom. The topological polar surface area (TPSA) is 75.9 Å². The largest absolute Gasteiger partial charge is 0.433 e. The molecule has 0 unspecified atom stereocenters. The van der Waals surface area contributed by atoms with Crippen LogP contribution in [0, 0.1) is 0 Å². The minimum absolute atomic E-state index is 0.0623. The molecule has 2 aromatic rings. The summed E-state index contributed by atoms with van der Waals surface area (Å²) in [4.78, 5) is 7.45. The van der Waals surface area contributed by atoms with Crippen LogP contribution in [0.2, 0.25) is 0 Å². The Bertz CT molecular complexity index is 571. The van der Waals surface area contributed by atoms with Crippen LogP contribution < -0.4 is 10.6 Å². The molecule has 0 aliphatic heterocycles. The van der Waals surface area contributed by atoms with E-state index in [2.05, 4.69) is 25.8 Å². The number of hydrogen-bond donors (Lipinski definition) is 2. The van der Waals surface area contributed by atoms with Gasteiger partial charge in [-0.2, -0.15) is 18.2 Å². The van der Waals surface area contributed by atoms with Gasteiger partial charge in [-0.05, 0) is 6.42 Å². The van der Waals surface area contributed by atoms with Crippen LogP contribution in [0.3, 0.4) is 0 Å². The van der Waals surface area contributed by atoms with Crippen LogP contribution in [0.4, 0.5) is 24.9 Å². The molecule has 0 amide bonds. The fourth-order valence-corrected chi connectivity index (χ4v) is 1.51. The van der Waals surface area contributed by atoms with E-state index >= 15 is 0 Å². The summed E-state index contributed by atoms with van der Waals surface area (Å²) in [5.74, 6) is 0.490. The highest BCUT2D eigenvalue weighted by Crippen LogP contribution is 2.29. The zero-order chi connectivity index (χ0) is 15.3. The smallest absolute Gasteiger partial charge is 0.363 e. The van der Waals surface area contributed by atoms with E-state index in [0.717, 1.165) is 12.5 Å². The Labute approximate surface area is 118 Å². The quantitative estimate of drug-likeness (QED) is 0.854. The molecule has 0 spiro atoms. The highest BCUT2D eigenvalue weighted by atomic mass is 19.4. The maximum absolute atomic E-state index is 12.8. The third kappa shape index (κ3) is 4.33. The highest BCUT2D eigenvalue weighted by molar-refractivity contribution is 5.43. The van der Waals surface area contributed by atoms with Crippen LogP contribution in [-0.4, -0.2) is 21.7 Å². The summed E-state index contributed by atoms with van der Waals surface area (Å²) in [7, 11) is 0. The molecule has 0 saturated heterocycles. The van der Waals surface area contributed by atoms with Crippen molar-refractivity contribution in [3.63, 3.8) is 0 Å². The van der Waals surface area contributed by atoms with E-state index in [0.29, 0.717) is 12.3 Å². The van der Waals surface area contributed by atoms with E-state index in [4.69, 9.17) is 4.52 Å². The first-order chi connectivity index (χ1) is 9.99. The van der Waals surface area contributed by atoms with E-state index < -0.39 is 11.9 Å². The first-order valence-corrected chi connectivity index (χ1v) is 6.32. The molecule has 6 nitrogen and oxygen atoms in total. The van der Waals surface area contributed by atoms with E-state index in [1.165, 1.54) is 6.20 Å². The molecular formula is C12H14F3N5O. The van der Waals surface area contributed by atoms with E-state index in [1.807, 2.05) is 6.92 Å². The average molecular weight is 301 g/mol. The molecule has 0 saturated carbocycles. The molecule has 0 radical (unpaired) electrons. The maximum atomic E-state index is 12.8. The summed E-state index contributed by atoms with van der Waals surface area (Å²) in [6.45, 7) is 2.56. The van der Waals surface area contributed by atoms with Gasteiger partial charge in [-0.25, -0.2) is 4.98 Å². The number of alkyl halides is 3. The molecule has 21 heavy (non-hydrogen) atoms. The molecule has 0 atom stereocenters. The Kier molecular flexibility index (Phi) is 4.61. The summed E-state index contributed by atoms with van der Waals surface area (Å²) in [6.07, 6.45) is -2.33.